The summed E-state index contributed by atoms with van der Waals surface area (Å²) in [7, 11) is 1.82. The summed E-state index contributed by atoms with van der Waals surface area (Å²) in [4.78, 5) is 16.1. The lowest BCUT2D eigenvalue weighted by molar-refractivity contribution is -0.113. The van der Waals surface area contributed by atoms with Crippen LogP contribution in [-0.2, 0) is 11.8 Å². The molecule has 0 fully saturated rings. The van der Waals surface area contributed by atoms with Gasteiger partial charge in [-0.15, -0.1) is 10.2 Å². The molecule has 3 heterocycles. The average Bonchev–Trinajstić information content (AvgIpc) is 3.13. The Bertz CT molecular complexity index is 862. The van der Waals surface area contributed by atoms with E-state index in [4.69, 9.17) is 4.42 Å². The van der Waals surface area contributed by atoms with Crippen LogP contribution in [0.25, 0.3) is 11.6 Å². The van der Waals surface area contributed by atoms with E-state index in [1.165, 1.54) is 11.8 Å². The average molecular weight is 473 g/mol. The van der Waals surface area contributed by atoms with Gasteiger partial charge in [0.1, 0.15) is 5.82 Å². The van der Waals surface area contributed by atoms with Crippen molar-refractivity contribution in [3.8, 4) is 11.6 Å². The molecule has 3 aromatic rings. The maximum Gasteiger partial charge on any atom is 0.236 e. The number of pyridine rings is 1. The SMILES string of the molecule is Cn1c(SCC(=O)Nc2ccc(Br)cn2)nnc1-c1ccc(Br)o1. The Morgan fingerprint density at radius 2 is 2.12 bits per heavy atom. The minimum Gasteiger partial charge on any atom is -0.446 e. The van der Waals surface area contributed by atoms with Crippen LogP contribution in [0.1, 0.15) is 0 Å². The van der Waals surface area contributed by atoms with Gasteiger partial charge >= 0.3 is 0 Å². The molecule has 0 aliphatic rings. The third kappa shape index (κ3) is 4.05. The van der Waals surface area contributed by atoms with Crippen molar-refractivity contribution >= 4 is 55.3 Å². The molecule has 0 saturated carbocycles. The molecular formula is C14H11Br2N5O2S. The first-order valence-electron chi connectivity index (χ1n) is 6.72. The Morgan fingerprint density at radius 1 is 1.29 bits per heavy atom. The zero-order valence-corrected chi connectivity index (χ0v) is 16.4. The number of hydrogen-bond acceptors (Lipinski definition) is 6. The van der Waals surface area contributed by atoms with Crippen LogP contribution in [-0.4, -0.2) is 31.4 Å². The van der Waals surface area contributed by atoms with E-state index in [9.17, 15) is 4.79 Å². The minimum atomic E-state index is -0.167. The molecule has 0 radical (unpaired) electrons. The summed E-state index contributed by atoms with van der Waals surface area (Å²) in [5.41, 5.74) is 0. The number of anilines is 1. The van der Waals surface area contributed by atoms with Crippen molar-refractivity contribution in [2.75, 3.05) is 11.1 Å². The Labute approximate surface area is 158 Å². The zero-order valence-electron chi connectivity index (χ0n) is 12.4. The monoisotopic (exact) mass is 471 g/mol. The number of thioether (sulfide) groups is 1. The van der Waals surface area contributed by atoms with Crippen LogP contribution in [0.15, 0.2) is 49.2 Å². The third-order valence-corrected chi connectivity index (χ3v) is 4.87. The van der Waals surface area contributed by atoms with E-state index in [1.807, 2.05) is 13.1 Å². The van der Waals surface area contributed by atoms with E-state index >= 15 is 0 Å². The number of carbonyl (C=O) groups is 1. The number of carbonyl (C=O) groups excluding carboxylic acids is 1. The molecule has 0 unspecified atom stereocenters. The topological polar surface area (TPSA) is 85.8 Å². The van der Waals surface area contributed by atoms with Crippen LogP contribution in [0.4, 0.5) is 5.82 Å². The molecule has 0 aliphatic carbocycles. The van der Waals surface area contributed by atoms with Crippen LogP contribution < -0.4 is 5.32 Å². The van der Waals surface area contributed by atoms with E-state index in [1.54, 1.807) is 29.0 Å². The molecular weight excluding hydrogens is 462 g/mol. The molecule has 24 heavy (non-hydrogen) atoms. The van der Waals surface area contributed by atoms with E-state index in [2.05, 4.69) is 52.4 Å². The molecule has 0 spiro atoms. The van der Waals surface area contributed by atoms with Crippen LogP contribution in [0.3, 0.4) is 0 Å². The molecule has 3 aromatic heterocycles. The highest BCUT2D eigenvalue weighted by Crippen LogP contribution is 2.26. The first-order valence-corrected chi connectivity index (χ1v) is 9.29. The fourth-order valence-electron chi connectivity index (χ4n) is 1.85. The van der Waals surface area contributed by atoms with Gasteiger partial charge in [-0.3, -0.25) is 4.79 Å². The summed E-state index contributed by atoms with van der Waals surface area (Å²) < 4.78 is 8.72. The predicted molar refractivity (Wildman–Crippen MR) is 97.7 cm³/mol. The zero-order chi connectivity index (χ0) is 17.1. The summed E-state index contributed by atoms with van der Waals surface area (Å²) >= 11 is 7.84. The van der Waals surface area contributed by atoms with E-state index in [-0.39, 0.29) is 11.7 Å². The molecule has 0 aromatic carbocycles. The second kappa shape index (κ2) is 7.49. The molecule has 0 aliphatic heterocycles. The van der Waals surface area contributed by atoms with Gasteiger partial charge in [-0.25, -0.2) is 4.98 Å². The Balaban J connectivity index is 1.61. The van der Waals surface area contributed by atoms with Gasteiger partial charge in [0.2, 0.25) is 5.91 Å². The van der Waals surface area contributed by atoms with Gasteiger partial charge in [0.25, 0.3) is 0 Å². The number of nitrogens with one attached hydrogen (secondary N) is 1. The molecule has 124 valence electrons. The highest BCUT2D eigenvalue weighted by molar-refractivity contribution is 9.10. The normalized spacial score (nSPS) is 10.8. The van der Waals surface area contributed by atoms with Gasteiger partial charge < -0.3 is 14.3 Å². The van der Waals surface area contributed by atoms with E-state index < -0.39 is 0 Å². The smallest absolute Gasteiger partial charge is 0.236 e. The standard InChI is InChI=1S/C14H11Br2N5O2S/c1-21-13(9-3-4-10(16)23-9)19-20-14(21)24-7-12(22)18-11-5-2-8(15)6-17-11/h2-6H,7H2,1H3,(H,17,18,22). The van der Waals surface area contributed by atoms with Gasteiger partial charge in [0.15, 0.2) is 21.4 Å². The van der Waals surface area contributed by atoms with Crippen LogP contribution in [0, 0.1) is 0 Å². The lowest BCUT2D eigenvalue weighted by Crippen LogP contribution is -2.15. The number of aromatic nitrogens is 4. The van der Waals surface area contributed by atoms with Gasteiger partial charge in [-0.1, -0.05) is 11.8 Å². The molecule has 1 amide bonds. The fourth-order valence-corrected chi connectivity index (χ4v) is 3.10. The van der Waals surface area contributed by atoms with Gasteiger partial charge in [-0.05, 0) is 56.1 Å². The summed E-state index contributed by atoms with van der Waals surface area (Å²) in [5, 5.41) is 11.5. The Hall–Kier alpha value is -1.65. The van der Waals surface area contributed by atoms with Gasteiger partial charge in [-0.2, -0.15) is 0 Å². The summed E-state index contributed by atoms with van der Waals surface area (Å²) in [6, 6.07) is 7.12. The van der Waals surface area contributed by atoms with Crippen molar-refractivity contribution < 1.29 is 9.21 Å². The molecule has 7 nitrogen and oxygen atoms in total. The van der Waals surface area contributed by atoms with E-state index in [0.29, 0.717) is 27.2 Å². The maximum absolute atomic E-state index is 12.0. The maximum atomic E-state index is 12.0. The lowest BCUT2D eigenvalue weighted by Gasteiger charge is -2.04. The van der Waals surface area contributed by atoms with Crippen molar-refractivity contribution in [2.45, 2.75) is 5.16 Å². The molecule has 1 N–H and O–H groups in total. The quantitative estimate of drug-likeness (QED) is 0.569. The van der Waals surface area contributed by atoms with Crippen molar-refractivity contribution in [1.82, 2.24) is 19.7 Å². The Kier molecular flexibility index (Phi) is 5.36. The second-order valence-electron chi connectivity index (χ2n) is 4.67. The number of nitrogens with zero attached hydrogens (tertiary/aromatic N) is 4. The molecule has 0 bridgehead atoms. The molecule has 0 saturated heterocycles. The molecule has 0 atom stereocenters. The predicted octanol–water partition coefficient (Wildman–Crippen LogP) is 3.73. The van der Waals surface area contributed by atoms with Crippen molar-refractivity contribution in [3.63, 3.8) is 0 Å². The molecule has 3 rings (SSSR count). The van der Waals surface area contributed by atoms with Crippen molar-refractivity contribution in [3.05, 3.63) is 39.6 Å². The van der Waals surface area contributed by atoms with Crippen molar-refractivity contribution in [2.24, 2.45) is 7.05 Å². The number of rotatable bonds is 5. The van der Waals surface area contributed by atoms with E-state index in [0.717, 1.165) is 4.47 Å². The number of halogens is 2. The van der Waals surface area contributed by atoms with Crippen LogP contribution in [0.2, 0.25) is 0 Å². The van der Waals surface area contributed by atoms with Crippen LogP contribution in [0.5, 0.6) is 0 Å². The lowest BCUT2D eigenvalue weighted by atomic mass is 10.4. The molecule has 10 heteroatoms. The number of furan rings is 1. The largest absolute Gasteiger partial charge is 0.446 e. The summed E-state index contributed by atoms with van der Waals surface area (Å²) in [5.74, 6) is 1.74. The number of hydrogen-bond donors (Lipinski definition) is 1. The summed E-state index contributed by atoms with van der Waals surface area (Å²) in [6.45, 7) is 0. The third-order valence-electron chi connectivity index (χ3n) is 2.96. The minimum absolute atomic E-state index is 0.167. The van der Waals surface area contributed by atoms with Crippen LogP contribution >= 0.6 is 43.6 Å². The summed E-state index contributed by atoms with van der Waals surface area (Å²) in [6.07, 6.45) is 1.62. The van der Waals surface area contributed by atoms with Gasteiger partial charge in [0.05, 0.1) is 5.75 Å². The first-order chi connectivity index (χ1) is 11.5. The number of amides is 1. The Morgan fingerprint density at radius 3 is 2.79 bits per heavy atom. The highest BCUT2D eigenvalue weighted by atomic mass is 79.9. The first kappa shape index (κ1) is 17.2. The second-order valence-corrected chi connectivity index (χ2v) is 7.31. The van der Waals surface area contributed by atoms with Gasteiger partial charge in [0, 0.05) is 17.7 Å². The highest BCUT2D eigenvalue weighted by Gasteiger charge is 2.15. The van der Waals surface area contributed by atoms with Crippen molar-refractivity contribution in [1.29, 1.82) is 0 Å². The fraction of sp³-hybridized carbons (Fsp3) is 0.143.